The van der Waals surface area contributed by atoms with Crippen LogP contribution < -0.4 is 10.6 Å². The summed E-state index contributed by atoms with van der Waals surface area (Å²) in [4.78, 5) is 14.9. The Morgan fingerprint density at radius 1 is 1.46 bits per heavy atom. The molecule has 1 aromatic heterocycles. The largest absolute Gasteiger partial charge is 0.462 e. The number of carbonyl (C=O) groups excluding carboxylic acids is 1. The van der Waals surface area contributed by atoms with Gasteiger partial charge in [-0.05, 0) is 31.4 Å². The van der Waals surface area contributed by atoms with Crippen molar-refractivity contribution in [3.63, 3.8) is 0 Å². The molecule has 0 amide bonds. The van der Waals surface area contributed by atoms with Crippen LogP contribution in [0.15, 0.2) is 24.3 Å². The van der Waals surface area contributed by atoms with Gasteiger partial charge < -0.3 is 15.4 Å². The molecule has 1 aliphatic heterocycles. The number of nitriles is 1. The standard InChI is InChI=1S/C18H19N3O2S/c1-2-23-18(22)16-14(13(10-19)17(20)24-16)11-21-9-5-7-12-6-3-4-8-15(12)21/h3-4,6,8H,2,5,7,9,11,20H2,1H3. The number of para-hydroxylation sites is 1. The fraction of sp³-hybridized carbons (Fsp3) is 0.333. The van der Waals surface area contributed by atoms with Gasteiger partial charge in [0.05, 0.1) is 12.2 Å². The van der Waals surface area contributed by atoms with E-state index in [2.05, 4.69) is 23.1 Å². The minimum absolute atomic E-state index is 0.296. The Balaban J connectivity index is 1.99. The maximum Gasteiger partial charge on any atom is 0.348 e. The van der Waals surface area contributed by atoms with Gasteiger partial charge in [-0.2, -0.15) is 5.26 Å². The Bertz CT molecular complexity index is 807. The number of nitrogens with two attached hydrogens (primary N) is 1. The lowest BCUT2D eigenvalue weighted by atomic mass is 10.0. The third-order valence-electron chi connectivity index (χ3n) is 4.16. The summed E-state index contributed by atoms with van der Waals surface area (Å²) in [6, 6.07) is 10.4. The van der Waals surface area contributed by atoms with Crippen LogP contribution in [0.1, 0.15) is 39.7 Å². The molecule has 2 aromatic rings. The second-order valence-electron chi connectivity index (χ2n) is 5.64. The number of aryl methyl sites for hydroxylation is 1. The van der Waals surface area contributed by atoms with E-state index < -0.39 is 5.97 Å². The van der Waals surface area contributed by atoms with Crippen LogP contribution in [0.5, 0.6) is 0 Å². The van der Waals surface area contributed by atoms with Gasteiger partial charge in [0, 0.05) is 24.3 Å². The summed E-state index contributed by atoms with van der Waals surface area (Å²) in [6.07, 6.45) is 2.10. The molecule has 0 saturated heterocycles. The van der Waals surface area contributed by atoms with E-state index in [1.54, 1.807) is 6.92 Å². The highest BCUT2D eigenvalue weighted by Crippen LogP contribution is 2.35. The number of nitrogens with zero attached hydrogens (tertiary/aromatic N) is 2. The highest BCUT2D eigenvalue weighted by Gasteiger charge is 2.26. The van der Waals surface area contributed by atoms with Gasteiger partial charge in [-0.3, -0.25) is 0 Å². The Labute approximate surface area is 145 Å². The topological polar surface area (TPSA) is 79.3 Å². The maximum absolute atomic E-state index is 12.2. The average molecular weight is 341 g/mol. The van der Waals surface area contributed by atoms with Crippen LogP contribution >= 0.6 is 11.3 Å². The summed E-state index contributed by atoms with van der Waals surface area (Å²) in [6.45, 7) is 3.44. The summed E-state index contributed by atoms with van der Waals surface area (Å²) in [5, 5.41) is 9.83. The molecule has 5 nitrogen and oxygen atoms in total. The molecule has 0 unspecified atom stereocenters. The van der Waals surface area contributed by atoms with E-state index >= 15 is 0 Å². The Morgan fingerprint density at radius 2 is 2.25 bits per heavy atom. The average Bonchev–Trinajstić information content (AvgIpc) is 2.91. The smallest absolute Gasteiger partial charge is 0.348 e. The molecule has 24 heavy (non-hydrogen) atoms. The normalized spacial score (nSPS) is 13.2. The number of carbonyl (C=O) groups is 1. The zero-order valence-electron chi connectivity index (χ0n) is 13.5. The van der Waals surface area contributed by atoms with Crippen LogP contribution in [-0.2, 0) is 17.7 Å². The molecule has 0 bridgehead atoms. The van der Waals surface area contributed by atoms with Crippen LogP contribution in [0.4, 0.5) is 10.7 Å². The van der Waals surface area contributed by atoms with Crippen LogP contribution in [0.2, 0.25) is 0 Å². The fourth-order valence-corrected chi connectivity index (χ4v) is 4.01. The molecule has 0 fully saturated rings. The van der Waals surface area contributed by atoms with Gasteiger partial charge in [0.2, 0.25) is 0 Å². The van der Waals surface area contributed by atoms with Crippen LogP contribution in [0.3, 0.4) is 0 Å². The highest BCUT2D eigenvalue weighted by molar-refractivity contribution is 7.18. The number of rotatable bonds is 4. The van der Waals surface area contributed by atoms with Gasteiger partial charge in [-0.25, -0.2) is 4.79 Å². The molecule has 0 spiro atoms. The van der Waals surface area contributed by atoms with Crippen molar-refractivity contribution in [1.82, 2.24) is 0 Å². The first-order chi connectivity index (χ1) is 11.7. The lowest BCUT2D eigenvalue weighted by Gasteiger charge is -2.31. The lowest BCUT2D eigenvalue weighted by Crippen LogP contribution is -2.29. The van der Waals surface area contributed by atoms with Gasteiger partial charge in [0.15, 0.2) is 0 Å². The zero-order valence-corrected chi connectivity index (χ0v) is 14.4. The number of benzene rings is 1. The Morgan fingerprint density at radius 3 is 3.00 bits per heavy atom. The predicted molar refractivity (Wildman–Crippen MR) is 95.2 cm³/mol. The number of anilines is 2. The van der Waals surface area contributed by atoms with Gasteiger partial charge in [0.1, 0.15) is 15.9 Å². The monoisotopic (exact) mass is 341 g/mol. The molecule has 1 aliphatic rings. The first-order valence-corrected chi connectivity index (χ1v) is 8.78. The van der Waals surface area contributed by atoms with Crippen molar-refractivity contribution in [2.45, 2.75) is 26.3 Å². The van der Waals surface area contributed by atoms with Crippen molar-refractivity contribution >= 4 is 28.0 Å². The minimum atomic E-state index is -0.406. The van der Waals surface area contributed by atoms with Crippen molar-refractivity contribution in [3.8, 4) is 6.07 Å². The van der Waals surface area contributed by atoms with Crippen molar-refractivity contribution in [2.75, 3.05) is 23.8 Å². The van der Waals surface area contributed by atoms with Gasteiger partial charge >= 0.3 is 5.97 Å². The van der Waals surface area contributed by atoms with Crippen molar-refractivity contribution in [1.29, 1.82) is 5.26 Å². The van der Waals surface area contributed by atoms with E-state index in [1.807, 2.05) is 12.1 Å². The van der Waals surface area contributed by atoms with Crippen LogP contribution in [-0.4, -0.2) is 19.1 Å². The molecule has 3 rings (SSSR count). The van der Waals surface area contributed by atoms with E-state index in [1.165, 1.54) is 5.56 Å². The van der Waals surface area contributed by atoms with E-state index in [0.717, 1.165) is 36.4 Å². The molecule has 6 heteroatoms. The molecule has 0 aliphatic carbocycles. The first-order valence-electron chi connectivity index (χ1n) is 7.97. The molecular formula is C18H19N3O2S. The summed E-state index contributed by atoms with van der Waals surface area (Å²) in [7, 11) is 0. The third-order valence-corrected chi connectivity index (χ3v) is 5.20. The lowest BCUT2D eigenvalue weighted by molar-refractivity contribution is 0.0531. The number of thiophene rings is 1. The number of esters is 1. The molecular weight excluding hydrogens is 322 g/mol. The van der Waals surface area contributed by atoms with Crippen molar-refractivity contribution < 1.29 is 9.53 Å². The van der Waals surface area contributed by atoms with E-state index in [4.69, 9.17) is 10.5 Å². The van der Waals surface area contributed by atoms with E-state index in [-0.39, 0.29) is 0 Å². The quantitative estimate of drug-likeness (QED) is 0.863. The molecule has 0 radical (unpaired) electrons. The van der Waals surface area contributed by atoms with Gasteiger partial charge in [-0.1, -0.05) is 18.2 Å². The molecule has 2 heterocycles. The number of fused-ring (bicyclic) bond motifs is 1. The summed E-state index contributed by atoms with van der Waals surface area (Å²) in [5.41, 5.74) is 9.48. The minimum Gasteiger partial charge on any atom is -0.462 e. The summed E-state index contributed by atoms with van der Waals surface area (Å²) >= 11 is 1.14. The van der Waals surface area contributed by atoms with Crippen LogP contribution in [0.25, 0.3) is 0 Å². The van der Waals surface area contributed by atoms with Gasteiger partial charge in [0.25, 0.3) is 0 Å². The number of ether oxygens (including phenoxy) is 1. The highest BCUT2D eigenvalue weighted by atomic mass is 32.1. The SMILES string of the molecule is CCOC(=O)c1sc(N)c(C#N)c1CN1CCCc2ccccc21. The molecule has 0 saturated carbocycles. The second-order valence-corrected chi connectivity index (χ2v) is 6.69. The van der Waals surface area contributed by atoms with Gasteiger partial charge in [-0.15, -0.1) is 11.3 Å². The third kappa shape index (κ3) is 2.95. The maximum atomic E-state index is 12.2. The fourth-order valence-electron chi connectivity index (χ4n) is 3.09. The second kappa shape index (κ2) is 6.93. The molecule has 2 N–H and O–H groups in total. The Kier molecular flexibility index (Phi) is 4.72. The molecule has 0 atom stereocenters. The molecule has 1 aromatic carbocycles. The number of hydrogen-bond donors (Lipinski definition) is 1. The summed E-state index contributed by atoms with van der Waals surface area (Å²) < 4.78 is 5.13. The van der Waals surface area contributed by atoms with Crippen molar-refractivity contribution in [3.05, 3.63) is 45.8 Å². The predicted octanol–water partition coefficient (Wildman–Crippen LogP) is 3.33. The van der Waals surface area contributed by atoms with Crippen LogP contribution in [0, 0.1) is 11.3 Å². The number of nitrogen functional groups attached to an aromatic ring is 1. The van der Waals surface area contributed by atoms with E-state index in [9.17, 15) is 10.1 Å². The summed E-state index contributed by atoms with van der Waals surface area (Å²) in [5.74, 6) is -0.406. The van der Waals surface area contributed by atoms with Crippen molar-refractivity contribution in [2.24, 2.45) is 0 Å². The zero-order chi connectivity index (χ0) is 17.1. The Hall–Kier alpha value is -2.52. The molecule has 124 valence electrons. The first kappa shape index (κ1) is 16.3. The van der Waals surface area contributed by atoms with E-state index in [0.29, 0.717) is 34.2 Å². The number of hydrogen-bond acceptors (Lipinski definition) is 6.